The van der Waals surface area contributed by atoms with E-state index in [2.05, 4.69) is 11.6 Å². The summed E-state index contributed by atoms with van der Waals surface area (Å²) in [6.07, 6.45) is 3.62. The monoisotopic (exact) mass is 215 g/mol. The van der Waals surface area contributed by atoms with Gasteiger partial charge in [0.1, 0.15) is 5.40 Å². The Balaban J connectivity index is 2.47. The summed E-state index contributed by atoms with van der Waals surface area (Å²) in [5.41, 5.74) is 1.98. The number of rotatable bonds is 3. The first kappa shape index (κ1) is 9.81. The molecule has 0 amide bonds. The van der Waals surface area contributed by atoms with Crippen molar-refractivity contribution in [1.82, 2.24) is 9.55 Å². The first-order valence-electron chi connectivity index (χ1n) is 4.47. The van der Waals surface area contributed by atoms with E-state index in [0.29, 0.717) is 0 Å². The number of nitriles is 1. The van der Waals surface area contributed by atoms with E-state index in [9.17, 15) is 0 Å². The molecular weight excluding hydrogens is 206 g/mol. The van der Waals surface area contributed by atoms with Crippen molar-refractivity contribution >= 4 is 22.8 Å². The quantitative estimate of drug-likeness (QED) is 0.449. The van der Waals surface area contributed by atoms with Gasteiger partial charge in [0.25, 0.3) is 0 Å². The fraction of sp³-hybridized carbons (Fsp3) is 0.0909. The van der Waals surface area contributed by atoms with Crippen LogP contribution in [0.1, 0.15) is 0 Å². The predicted octanol–water partition coefficient (Wildman–Crippen LogP) is 2.80. The van der Waals surface area contributed by atoms with Crippen LogP contribution in [0.25, 0.3) is 11.0 Å². The van der Waals surface area contributed by atoms with E-state index < -0.39 is 0 Å². The molecule has 1 aromatic carbocycles. The van der Waals surface area contributed by atoms with Crippen LogP contribution in [0, 0.1) is 10.7 Å². The van der Waals surface area contributed by atoms with Gasteiger partial charge in [-0.3, -0.25) is 0 Å². The number of hydrogen-bond acceptors (Lipinski definition) is 3. The van der Waals surface area contributed by atoms with E-state index >= 15 is 0 Å². The fourth-order valence-corrected chi connectivity index (χ4v) is 1.86. The molecule has 0 atom stereocenters. The second-order valence-electron chi connectivity index (χ2n) is 3.03. The van der Waals surface area contributed by atoms with Crippen LogP contribution in [0.15, 0.2) is 42.1 Å². The van der Waals surface area contributed by atoms with Crippen molar-refractivity contribution in [3.8, 4) is 5.40 Å². The molecule has 15 heavy (non-hydrogen) atoms. The van der Waals surface area contributed by atoms with Gasteiger partial charge >= 0.3 is 0 Å². The number of fused-ring (bicyclic) bond motifs is 1. The number of aromatic nitrogens is 2. The third kappa shape index (κ3) is 1.88. The molecule has 0 aliphatic rings. The van der Waals surface area contributed by atoms with Gasteiger partial charge in [-0.1, -0.05) is 6.08 Å². The van der Waals surface area contributed by atoms with Crippen LogP contribution >= 0.6 is 11.8 Å². The summed E-state index contributed by atoms with van der Waals surface area (Å²) in [5, 5.41) is 10.6. The lowest BCUT2D eigenvalue weighted by molar-refractivity contribution is 0.851. The Morgan fingerprint density at radius 3 is 3.20 bits per heavy atom. The molecular formula is C11H9N3S. The zero-order valence-electron chi connectivity index (χ0n) is 8.05. The lowest BCUT2D eigenvalue weighted by Crippen LogP contribution is -1.91. The Morgan fingerprint density at radius 2 is 2.47 bits per heavy atom. The number of nitrogens with zero attached hydrogens (tertiary/aromatic N) is 3. The number of benzene rings is 1. The average molecular weight is 215 g/mol. The summed E-state index contributed by atoms with van der Waals surface area (Å²) in [6, 6.07) is 5.83. The minimum Gasteiger partial charge on any atom is -0.327 e. The van der Waals surface area contributed by atoms with Gasteiger partial charge in [0.2, 0.25) is 0 Å². The van der Waals surface area contributed by atoms with Gasteiger partial charge in [0.15, 0.2) is 0 Å². The largest absolute Gasteiger partial charge is 0.327 e. The highest BCUT2D eigenvalue weighted by molar-refractivity contribution is 8.03. The molecule has 1 aromatic heterocycles. The van der Waals surface area contributed by atoms with Crippen LogP contribution in [0.4, 0.5) is 0 Å². The van der Waals surface area contributed by atoms with Crippen LogP contribution in [-0.2, 0) is 6.54 Å². The van der Waals surface area contributed by atoms with Crippen LogP contribution in [0.3, 0.4) is 0 Å². The molecule has 0 radical (unpaired) electrons. The van der Waals surface area contributed by atoms with Crippen LogP contribution in [0.5, 0.6) is 0 Å². The number of imidazole rings is 1. The highest BCUT2D eigenvalue weighted by atomic mass is 32.2. The Bertz CT molecular complexity index is 536. The Labute approximate surface area is 92.0 Å². The molecule has 2 rings (SSSR count). The normalized spacial score (nSPS) is 10.1. The van der Waals surface area contributed by atoms with Gasteiger partial charge in [0.05, 0.1) is 17.4 Å². The van der Waals surface area contributed by atoms with E-state index in [0.717, 1.165) is 34.2 Å². The van der Waals surface area contributed by atoms with E-state index in [-0.39, 0.29) is 0 Å². The van der Waals surface area contributed by atoms with Crippen molar-refractivity contribution in [1.29, 1.82) is 5.26 Å². The van der Waals surface area contributed by atoms with Crippen LogP contribution in [0.2, 0.25) is 0 Å². The van der Waals surface area contributed by atoms with Gasteiger partial charge in [-0.2, -0.15) is 5.26 Å². The van der Waals surface area contributed by atoms with Gasteiger partial charge in [-0.05, 0) is 30.0 Å². The Hall–Kier alpha value is -1.73. The lowest BCUT2D eigenvalue weighted by atomic mass is 10.3. The molecule has 74 valence electrons. The smallest absolute Gasteiger partial charge is 0.138 e. The molecule has 2 aromatic rings. The molecule has 0 aliphatic heterocycles. The third-order valence-electron chi connectivity index (χ3n) is 2.08. The molecule has 0 aliphatic carbocycles. The lowest BCUT2D eigenvalue weighted by Gasteiger charge is -1.99. The molecule has 0 fully saturated rings. The van der Waals surface area contributed by atoms with Gasteiger partial charge in [-0.25, -0.2) is 4.98 Å². The molecule has 0 saturated heterocycles. The summed E-state index contributed by atoms with van der Waals surface area (Å²) >= 11 is 1.15. The molecule has 0 unspecified atom stereocenters. The average Bonchev–Trinajstić information content (AvgIpc) is 2.62. The maximum absolute atomic E-state index is 8.56. The summed E-state index contributed by atoms with van der Waals surface area (Å²) in [4.78, 5) is 5.20. The van der Waals surface area contributed by atoms with Crippen LogP contribution in [-0.4, -0.2) is 9.55 Å². The van der Waals surface area contributed by atoms with E-state index in [1.165, 1.54) is 0 Å². The van der Waals surface area contributed by atoms with E-state index in [1.54, 1.807) is 6.33 Å². The zero-order chi connectivity index (χ0) is 10.7. The summed E-state index contributed by atoms with van der Waals surface area (Å²) in [5.74, 6) is 0. The SMILES string of the molecule is C=CCn1cnc2cc(SC#N)ccc21. The Morgan fingerprint density at radius 1 is 1.60 bits per heavy atom. The fourth-order valence-electron chi connectivity index (χ4n) is 1.44. The number of thioether (sulfide) groups is 1. The van der Waals surface area contributed by atoms with Crippen molar-refractivity contribution in [3.63, 3.8) is 0 Å². The van der Waals surface area contributed by atoms with Gasteiger partial charge in [0, 0.05) is 11.4 Å². The first-order valence-corrected chi connectivity index (χ1v) is 5.28. The van der Waals surface area contributed by atoms with Crippen molar-refractivity contribution in [3.05, 3.63) is 37.2 Å². The predicted molar refractivity (Wildman–Crippen MR) is 61.4 cm³/mol. The van der Waals surface area contributed by atoms with E-state index in [4.69, 9.17) is 5.26 Å². The van der Waals surface area contributed by atoms with Crippen molar-refractivity contribution in [2.45, 2.75) is 11.4 Å². The minimum absolute atomic E-state index is 0.751. The van der Waals surface area contributed by atoms with Crippen molar-refractivity contribution in [2.24, 2.45) is 0 Å². The summed E-state index contributed by atoms with van der Waals surface area (Å²) in [6.45, 7) is 4.44. The standard InChI is InChI=1S/C11H9N3S/c1-2-5-14-8-13-10-6-9(15-7-12)3-4-11(10)14/h2-4,6,8H,1,5H2. The second-order valence-corrected chi connectivity index (χ2v) is 3.89. The molecule has 0 N–H and O–H groups in total. The van der Waals surface area contributed by atoms with Gasteiger partial charge in [-0.15, -0.1) is 6.58 Å². The highest BCUT2D eigenvalue weighted by Gasteiger charge is 2.02. The van der Waals surface area contributed by atoms with E-state index in [1.807, 2.05) is 34.2 Å². The topological polar surface area (TPSA) is 41.6 Å². The molecule has 0 bridgehead atoms. The molecule has 3 nitrogen and oxygen atoms in total. The summed E-state index contributed by atoms with van der Waals surface area (Å²) in [7, 11) is 0. The van der Waals surface area contributed by atoms with Crippen molar-refractivity contribution in [2.75, 3.05) is 0 Å². The van der Waals surface area contributed by atoms with Gasteiger partial charge < -0.3 is 4.57 Å². The minimum atomic E-state index is 0.751. The number of allylic oxidation sites excluding steroid dienone is 1. The number of thiocyanates is 1. The third-order valence-corrected chi connectivity index (χ3v) is 2.66. The highest BCUT2D eigenvalue weighted by Crippen LogP contribution is 2.22. The van der Waals surface area contributed by atoms with Crippen molar-refractivity contribution < 1.29 is 0 Å². The zero-order valence-corrected chi connectivity index (χ0v) is 8.87. The maximum Gasteiger partial charge on any atom is 0.138 e. The molecule has 0 spiro atoms. The van der Waals surface area contributed by atoms with Crippen LogP contribution < -0.4 is 0 Å². The summed E-state index contributed by atoms with van der Waals surface area (Å²) < 4.78 is 2.02. The Kier molecular flexibility index (Phi) is 2.75. The first-order chi connectivity index (χ1) is 7.35. The number of hydrogen-bond donors (Lipinski definition) is 0. The second kappa shape index (κ2) is 4.20. The molecule has 0 saturated carbocycles. The molecule has 4 heteroatoms. The molecule has 1 heterocycles. The maximum atomic E-state index is 8.56.